The summed E-state index contributed by atoms with van der Waals surface area (Å²) in [4.78, 5) is 25.4. The van der Waals surface area contributed by atoms with Crippen LogP contribution in [-0.2, 0) is 14.3 Å². The van der Waals surface area contributed by atoms with Gasteiger partial charge >= 0.3 is 5.97 Å². The lowest BCUT2D eigenvalue weighted by Crippen LogP contribution is -2.41. The number of hydrogen-bond acceptors (Lipinski definition) is 4. The fourth-order valence-electron chi connectivity index (χ4n) is 5.31. The van der Waals surface area contributed by atoms with Crippen molar-refractivity contribution in [3.8, 4) is 0 Å². The molecule has 0 saturated carbocycles. The molecule has 3 aliphatic rings. The van der Waals surface area contributed by atoms with Crippen LogP contribution >= 0.6 is 11.6 Å². The van der Waals surface area contributed by atoms with Crippen molar-refractivity contribution in [1.29, 1.82) is 0 Å². The van der Waals surface area contributed by atoms with Crippen molar-refractivity contribution in [2.24, 2.45) is 41.4 Å². The minimum absolute atomic E-state index is 0.00988. The van der Waals surface area contributed by atoms with Crippen molar-refractivity contribution in [2.45, 2.75) is 47.1 Å². The number of halogens is 1. The van der Waals surface area contributed by atoms with Gasteiger partial charge in [0.15, 0.2) is 5.78 Å². The molecule has 0 spiro atoms. The molecule has 2 aliphatic carbocycles. The first-order valence-electron chi connectivity index (χ1n) is 11.2. The molecule has 168 valence electrons. The van der Waals surface area contributed by atoms with Crippen LogP contribution in [0.1, 0.15) is 41.0 Å². The normalized spacial score (nSPS) is 39.4. The summed E-state index contributed by atoms with van der Waals surface area (Å²) in [6.07, 6.45) is 14.8. The first kappa shape index (κ1) is 23.6. The van der Waals surface area contributed by atoms with E-state index in [0.717, 1.165) is 6.42 Å². The molecule has 0 unspecified atom stereocenters. The zero-order valence-electron chi connectivity index (χ0n) is 18.9. The third-order valence-corrected chi connectivity index (χ3v) is 7.32. The van der Waals surface area contributed by atoms with Crippen LogP contribution in [0.2, 0.25) is 0 Å². The van der Waals surface area contributed by atoms with Crippen molar-refractivity contribution < 1.29 is 19.4 Å². The van der Waals surface area contributed by atoms with Crippen LogP contribution in [-0.4, -0.2) is 23.0 Å². The molecule has 0 fully saturated rings. The fourth-order valence-corrected chi connectivity index (χ4v) is 5.60. The number of carbonyl (C=O) groups is 2. The molecule has 3 rings (SSSR count). The summed E-state index contributed by atoms with van der Waals surface area (Å²) >= 11 is 6.46. The van der Waals surface area contributed by atoms with Crippen molar-refractivity contribution >= 4 is 23.4 Å². The highest BCUT2D eigenvalue weighted by atomic mass is 35.5. The molecule has 0 bridgehead atoms. The number of hydrogen-bond donors (Lipinski definition) is 1. The van der Waals surface area contributed by atoms with Crippen LogP contribution in [0.4, 0.5) is 0 Å². The number of esters is 1. The van der Waals surface area contributed by atoms with E-state index in [1.807, 2.05) is 12.2 Å². The zero-order valence-corrected chi connectivity index (χ0v) is 19.7. The number of rotatable bonds is 0. The average molecular weight is 445 g/mol. The second-order valence-electron chi connectivity index (χ2n) is 9.36. The smallest absolute Gasteiger partial charge is 0.317 e. The third kappa shape index (κ3) is 4.90. The maximum absolute atomic E-state index is 13.0. The highest BCUT2D eigenvalue weighted by Gasteiger charge is 2.45. The third-order valence-electron chi connectivity index (χ3n) is 6.94. The van der Waals surface area contributed by atoms with Gasteiger partial charge in [-0.2, -0.15) is 0 Å². The molecule has 0 aromatic carbocycles. The standard InChI is InChI=1S/C26H33ClO4/c1-14-12-16(3)21-19(13-14)10-11-20-15(2)8-6-7-9-17(4)31-26(30)18(5)24(28)23(27)25(29)22(20)21/h6-12,15-22,29H,13H2,1-5H3/t15-,16-,17+,18+,19-,20+,21-,22-/m1/s1. The number of carbonyl (C=O) groups excluding carboxylic acids is 2. The molecule has 0 amide bonds. The number of aliphatic hydroxyl groups is 1. The fraction of sp³-hybridized carbons (Fsp3) is 0.538. The Hall–Kier alpha value is -2.07. The predicted molar refractivity (Wildman–Crippen MR) is 123 cm³/mol. The van der Waals surface area contributed by atoms with E-state index in [9.17, 15) is 14.7 Å². The molecule has 0 aromatic heterocycles. The average Bonchev–Trinajstić information content (AvgIpc) is 2.72. The molecule has 0 saturated heterocycles. The second-order valence-corrected chi connectivity index (χ2v) is 9.74. The maximum atomic E-state index is 13.0. The Morgan fingerprint density at radius 1 is 1.00 bits per heavy atom. The van der Waals surface area contributed by atoms with Gasteiger partial charge in [-0.15, -0.1) is 0 Å². The summed E-state index contributed by atoms with van der Waals surface area (Å²) in [5, 5.41) is 11.1. The predicted octanol–water partition coefficient (Wildman–Crippen LogP) is 5.91. The summed E-state index contributed by atoms with van der Waals surface area (Å²) in [7, 11) is 0. The van der Waals surface area contributed by atoms with Gasteiger partial charge in [0.2, 0.25) is 0 Å². The zero-order chi connectivity index (χ0) is 22.9. The van der Waals surface area contributed by atoms with E-state index in [-0.39, 0.29) is 46.3 Å². The van der Waals surface area contributed by atoms with E-state index >= 15 is 0 Å². The molecule has 1 heterocycles. The van der Waals surface area contributed by atoms with E-state index in [1.165, 1.54) is 12.5 Å². The summed E-state index contributed by atoms with van der Waals surface area (Å²) < 4.78 is 5.35. The minimum Gasteiger partial charge on any atom is -0.510 e. The molecule has 1 N–H and O–H groups in total. The Labute approximate surface area is 190 Å². The monoisotopic (exact) mass is 444 g/mol. The Kier molecular flexibility index (Phi) is 7.31. The van der Waals surface area contributed by atoms with E-state index in [1.54, 1.807) is 13.0 Å². The molecule has 0 aromatic rings. The van der Waals surface area contributed by atoms with Gasteiger partial charge in [-0.05, 0) is 62.9 Å². The summed E-state index contributed by atoms with van der Waals surface area (Å²) in [5.74, 6) is -1.99. The number of allylic oxidation sites excluding steroid dienone is 9. The molecule has 5 heteroatoms. The first-order chi connectivity index (χ1) is 14.6. The van der Waals surface area contributed by atoms with E-state index in [2.05, 4.69) is 45.1 Å². The van der Waals surface area contributed by atoms with Gasteiger partial charge in [-0.3, -0.25) is 9.59 Å². The molecular formula is C26H33ClO4. The number of aliphatic hydroxyl groups excluding tert-OH is 1. The van der Waals surface area contributed by atoms with Crippen molar-refractivity contribution in [3.05, 3.63) is 58.9 Å². The molecule has 31 heavy (non-hydrogen) atoms. The van der Waals surface area contributed by atoms with Gasteiger partial charge < -0.3 is 9.84 Å². The van der Waals surface area contributed by atoms with Gasteiger partial charge in [0.25, 0.3) is 0 Å². The number of fused-ring (bicyclic) bond motifs is 3. The number of Topliss-reactive ketones (excluding diaryl/α,β-unsaturated/α-hetero) is 1. The lowest BCUT2D eigenvalue weighted by molar-refractivity contribution is -0.152. The lowest BCUT2D eigenvalue weighted by Gasteiger charge is -2.46. The summed E-state index contributed by atoms with van der Waals surface area (Å²) in [5.41, 5.74) is 1.34. The van der Waals surface area contributed by atoms with Gasteiger partial charge in [0, 0.05) is 5.92 Å². The summed E-state index contributed by atoms with van der Waals surface area (Å²) in [6.45, 7) is 9.63. The van der Waals surface area contributed by atoms with Crippen LogP contribution in [0, 0.1) is 41.4 Å². The van der Waals surface area contributed by atoms with Crippen LogP contribution < -0.4 is 0 Å². The van der Waals surface area contributed by atoms with Gasteiger partial charge in [-0.25, -0.2) is 0 Å². The van der Waals surface area contributed by atoms with E-state index in [4.69, 9.17) is 16.3 Å². The highest BCUT2D eigenvalue weighted by Crippen LogP contribution is 2.50. The largest absolute Gasteiger partial charge is 0.510 e. The van der Waals surface area contributed by atoms with Gasteiger partial charge in [0.1, 0.15) is 22.8 Å². The van der Waals surface area contributed by atoms with Crippen LogP contribution in [0.5, 0.6) is 0 Å². The van der Waals surface area contributed by atoms with Crippen LogP contribution in [0.25, 0.3) is 0 Å². The van der Waals surface area contributed by atoms with Crippen LogP contribution in [0.3, 0.4) is 0 Å². The van der Waals surface area contributed by atoms with Gasteiger partial charge in [-0.1, -0.05) is 67.5 Å². The van der Waals surface area contributed by atoms with E-state index < -0.39 is 23.8 Å². The number of cyclic esters (lactones) is 1. The Balaban J connectivity index is 2.12. The molecule has 4 nitrogen and oxygen atoms in total. The maximum Gasteiger partial charge on any atom is 0.317 e. The topological polar surface area (TPSA) is 63.6 Å². The minimum atomic E-state index is -1.08. The van der Waals surface area contributed by atoms with Crippen molar-refractivity contribution in [2.75, 3.05) is 0 Å². The van der Waals surface area contributed by atoms with Crippen LogP contribution in [0.15, 0.2) is 58.9 Å². The number of ether oxygens (including phenoxy) is 1. The SMILES string of the molecule is CC1=C[C@@H](C)[C@H]2[C@@H]3C(O)=C(Cl)C(=O)[C@H](C)C(=O)O[C@@H](C)C=CC=C[C@@H](C)[C@@H]3C=C[C@@H]2C1. The molecular weight excluding hydrogens is 412 g/mol. The Morgan fingerprint density at radius 3 is 2.39 bits per heavy atom. The molecule has 8 atom stereocenters. The Bertz CT molecular complexity index is 878. The second kappa shape index (κ2) is 9.60. The van der Waals surface area contributed by atoms with Crippen molar-refractivity contribution in [1.82, 2.24) is 0 Å². The van der Waals surface area contributed by atoms with E-state index in [0.29, 0.717) is 0 Å². The van der Waals surface area contributed by atoms with Gasteiger partial charge in [0.05, 0.1) is 0 Å². The molecule has 0 radical (unpaired) electrons. The highest BCUT2D eigenvalue weighted by molar-refractivity contribution is 6.44. The first-order valence-corrected chi connectivity index (χ1v) is 11.5. The number of ketones is 1. The summed E-state index contributed by atoms with van der Waals surface area (Å²) in [6, 6.07) is 0. The molecule has 1 aliphatic heterocycles. The lowest BCUT2D eigenvalue weighted by atomic mass is 9.59. The Morgan fingerprint density at radius 2 is 1.68 bits per heavy atom. The quantitative estimate of drug-likeness (QED) is 0.286. The van der Waals surface area contributed by atoms with Crippen molar-refractivity contribution in [3.63, 3.8) is 0 Å².